The first kappa shape index (κ1) is 15.7. The Morgan fingerprint density at radius 2 is 2.14 bits per heavy atom. The highest BCUT2D eigenvalue weighted by Crippen LogP contribution is 2.25. The summed E-state index contributed by atoms with van der Waals surface area (Å²) in [5.41, 5.74) is 0.684. The van der Waals surface area contributed by atoms with Crippen molar-refractivity contribution in [3.8, 4) is 5.88 Å². The van der Waals surface area contributed by atoms with Gasteiger partial charge in [-0.15, -0.1) is 0 Å². The molecule has 1 unspecified atom stereocenters. The van der Waals surface area contributed by atoms with Gasteiger partial charge in [0.1, 0.15) is 6.10 Å². The summed E-state index contributed by atoms with van der Waals surface area (Å²) in [6, 6.07) is 3.97. The number of thioether (sulfide) groups is 1. The average molecular weight is 320 g/mol. The van der Waals surface area contributed by atoms with Crippen LogP contribution in [0.1, 0.15) is 48.9 Å². The number of hydrogen-bond donors (Lipinski definition) is 0. The van der Waals surface area contributed by atoms with Crippen LogP contribution in [0.15, 0.2) is 18.3 Å². The molecule has 2 aliphatic rings. The van der Waals surface area contributed by atoms with Crippen LogP contribution in [0.2, 0.25) is 0 Å². The van der Waals surface area contributed by atoms with E-state index in [1.54, 1.807) is 18.3 Å². The predicted octanol–water partition coefficient (Wildman–Crippen LogP) is 3.37. The third-order valence-electron chi connectivity index (χ3n) is 4.60. The summed E-state index contributed by atoms with van der Waals surface area (Å²) in [6.45, 7) is 0. The minimum Gasteiger partial charge on any atom is -0.473 e. The van der Waals surface area contributed by atoms with E-state index in [1.165, 1.54) is 19.3 Å². The summed E-state index contributed by atoms with van der Waals surface area (Å²) < 4.78 is 5.89. The summed E-state index contributed by atoms with van der Waals surface area (Å²) in [4.78, 5) is 18.8. The number of carbonyl (C=O) groups is 1. The van der Waals surface area contributed by atoms with Crippen LogP contribution in [-0.4, -0.2) is 46.5 Å². The van der Waals surface area contributed by atoms with Crippen molar-refractivity contribution in [3.05, 3.63) is 23.9 Å². The van der Waals surface area contributed by atoms with E-state index in [4.69, 9.17) is 4.74 Å². The Morgan fingerprint density at radius 1 is 1.32 bits per heavy atom. The smallest absolute Gasteiger partial charge is 0.254 e. The van der Waals surface area contributed by atoms with Gasteiger partial charge in [0.15, 0.2) is 0 Å². The van der Waals surface area contributed by atoms with E-state index in [1.807, 2.05) is 23.7 Å². The molecule has 4 nitrogen and oxygen atoms in total. The van der Waals surface area contributed by atoms with Gasteiger partial charge in [0.2, 0.25) is 5.88 Å². The van der Waals surface area contributed by atoms with Gasteiger partial charge in [-0.1, -0.05) is 19.3 Å². The standard InChI is InChI=1S/C17H24N2O2S/c1-19(14-5-3-2-4-6-14)17(20)13-7-9-18-16(11-13)21-15-8-10-22-12-15/h7,9,11,14-15H,2-6,8,10,12H2,1H3. The second-order valence-corrected chi connectivity index (χ2v) is 7.34. The Balaban J connectivity index is 1.66. The van der Waals surface area contributed by atoms with Crippen LogP contribution in [0.5, 0.6) is 5.88 Å². The van der Waals surface area contributed by atoms with Crippen LogP contribution in [0.25, 0.3) is 0 Å². The van der Waals surface area contributed by atoms with Gasteiger partial charge in [0, 0.05) is 36.7 Å². The molecule has 1 aliphatic heterocycles. The third kappa shape index (κ3) is 3.75. The molecule has 1 amide bonds. The molecule has 0 aromatic carbocycles. The van der Waals surface area contributed by atoms with Gasteiger partial charge in [-0.25, -0.2) is 4.98 Å². The lowest BCUT2D eigenvalue weighted by molar-refractivity contribution is 0.0695. The van der Waals surface area contributed by atoms with Crippen molar-refractivity contribution < 1.29 is 9.53 Å². The number of hydrogen-bond acceptors (Lipinski definition) is 4. The first-order chi connectivity index (χ1) is 10.7. The number of ether oxygens (including phenoxy) is 1. The molecule has 0 radical (unpaired) electrons. The molecule has 1 aliphatic carbocycles. The van der Waals surface area contributed by atoms with E-state index in [9.17, 15) is 4.79 Å². The highest BCUT2D eigenvalue weighted by Gasteiger charge is 2.24. The average Bonchev–Trinajstić information content (AvgIpc) is 3.07. The minimum absolute atomic E-state index is 0.0833. The maximum absolute atomic E-state index is 12.7. The SMILES string of the molecule is CN(C(=O)c1ccnc(OC2CCSC2)c1)C1CCCCC1. The normalized spacial score (nSPS) is 22.5. The number of aromatic nitrogens is 1. The highest BCUT2D eigenvalue weighted by molar-refractivity contribution is 7.99. The van der Waals surface area contributed by atoms with Crippen molar-refractivity contribution in [1.82, 2.24) is 9.88 Å². The lowest BCUT2D eigenvalue weighted by Crippen LogP contribution is -2.38. The highest BCUT2D eigenvalue weighted by atomic mass is 32.2. The van der Waals surface area contributed by atoms with Crippen molar-refractivity contribution in [3.63, 3.8) is 0 Å². The van der Waals surface area contributed by atoms with E-state index in [-0.39, 0.29) is 12.0 Å². The van der Waals surface area contributed by atoms with Gasteiger partial charge < -0.3 is 9.64 Å². The quantitative estimate of drug-likeness (QED) is 0.853. The molecule has 22 heavy (non-hydrogen) atoms. The van der Waals surface area contributed by atoms with Gasteiger partial charge in [0.25, 0.3) is 5.91 Å². The number of pyridine rings is 1. The Labute approximate surface area is 136 Å². The molecule has 1 atom stereocenters. The Hall–Kier alpha value is -1.23. The molecule has 1 saturated carbocycles. The van der Waals surface area contributed by atoms with Crippen molar-refractivity contribution in [2.45, 2.75) is 50.7 Å². The minimum atomic E-state index is 0.0833. The zero-order chi connectivity index (χ0) is 15.4. The molecule has 0 spiro atoms. The molecule has 3 rings (SSSR count). The fraction of sp³-hybridized carbons (Fsp3) is 0.647. The summed E-state index contributed by atoms with van der Waals surface area (Å²) in [6.07, 6.45) is 8.97. The van der Waals surface area contributed by atoms with E-state index in [2.05, 4.69) is 4.98 Å². The third-order valence-corrected chi connectivity index (χ3v) is 5.73. The molecule has 2 fully saturated rings. The molecule has 5 heteroatoms. The molecule has 1 aromatic rings. The van der Waals surface area contributed by atoms with Crippen molar-refractivity contribution >= 4 is 17.7 Å². The van der Waals surface area contributed by atoms with Gasteiger partial charge >= 0.3 is 0 Å². The van der Waals surface area contributed by atoms with E-state index in [0.717, 1.165) is 30.8 Å². The molecule has 1 saturated heterocycles. The fourth-order valence-corrected chi connectivity index (χ4v) is 4.32. The largest absolute Gasteiger partial charge is 0.473 e. The fourth-order valence-electron chi connectivity index (χ4n) is 3.22. The molecular formula is C17H24N2O2S. The zero-order valence-corrected chi connectivity index (χ0v) is 14.0. The summed E-state index contributed by atoms with van der Waals surface area (Å²) in [5, 5.41) is 0. The molecule has 1 aromatic heterocycles. The molecule has 2 heterocycles. The number of rotatable bonds is 4. The second kappa shape index (κ2) is 7.36. The van der Waals surface area contributed by atoms with Crippen LogP contribution in [0, 0.1) is 0 Å². The van der Waals surface area contributed by atoms with Gasteiger partial charge in [0.05, 0.1) is 0 Å². The van der Waals surface area contributed by atoms with Crippen LogP contribution >= 0.6 is 11.8 Å². The number of nitrogens with zero attached hydrogens (tertiary/aromatic N) is 2. The lowest BCUT2D eigenvalue weighted by atomic mass is 9.94. The van der Waals surface area contributed by atoms with E-state index < -0.39 is 0 Å². The van der Waals surface area contributed by atoms with Crippen molar-refractivity contribution in [1.29, 1.82) is 0 Å². The van der Waals surface area contributed by atoms with Gasteiger partial charge in [-0.2, -0.15) is 11.8 Å². The van der Waals surface area contributed by atoms with Crippen molar-refractivity contribution in [2.75, 3.05) is 18.6 Å². The predicted molar refractivity (Wildman–Crippen MR) is 89.6 cm³/mol. The maximum Gasteiger partial charge on any atom is 0.254 e. The van der Waals surface area contributed by atoms with E-state index in [0.29, 0.717) is 17.5 Å². The Kier molecular flexibility index (Phi) is 5.24. The molecule has 0 bridgehead atoms. The number of carbonyl (C=O) groups excluding carboxylic acids is 1. The summed E-state index contributed by atoms with van der Waals surface area (Å²) in [7, 11) is 1.92. The van der Waals surface area contributed by atoms with Crippen LogP contribution < -0.4 is 4.74 Å². The molecular weight excluding hydrogens is 296 g/mol. The second-order valence-electron chi connectivity index (χ2n) is 6.19. The Morgan fingerprint density at radius 3 is 2.86 bits per heavy atom. The monoisotopic (exact) mass is 320 g/mol. The van der Waals surface area contributed by atoms with Gasteiger partial charge in [-0.05, 0) is 31.1 Å². The van der Waals surface area contributed by atoms with Crippen LogP contribution in [0.3, 0.4) is 0 Å². The lowest BCUT2D eigenvalue weighted by Gasteiger charge is -2.31. The number of amides is 1. The van der Waals surface area contributed by atoms with Crippen LogP contribution in [0.4, 0.5) is 0 Å². The first-order valence-corrected chi connectivity index (χ1v) is 9.37. The van der Waals surface area contributed by atoms with Crippen LogP contribution in [-0.2, 0) is 0 Å². The topological polar surface area (TPSA) is 42.4 Å². The zero-order valence-electron chi connectivity index (χ0n) is 13.2. The molecule has 120 valence electrons. The first-order valence-electron chi connectivity index (χ1n) is 8.21. The Bertz CT molecular complexity index is 511. The van der Waals surface area contributed by atoms with E-state index >= 15 is 0 Å². The maximum atomic E-state index is 12.7. The van der Waals surface area contributed by atoms with Crippen molar-refractivity contribution in [2.24, 2.45) is 0 Å². The van der Waals surface area contributed by atoms with Gasteiger partial charge in [-0.3, -0.25) is 4.79 Å². The molecule has 0 N–H and O–H groups in total. The summed E-state index contributed by atoms with van der Waals surface area (Å²) in [5.74, 6) is 2.82. The summed E-state index contributed by atoms with van der Waals surface area (Å²) >= 11 is 1.91.